The third-order valence-corrected chi connectivity index (χ3v) is 2.55. The minimum atomic E-state index is -0.456. The van der Waals surface area contributed by atoms with E-state index >= 15 is 0 Å². The molecule has 0 saturated carbocycles. The molecule has 5 nitrogen and oxygen atoms in total. The van der Waals surface area contributed by atoms with Crippen LogP contribution in [0.25, 0.3) is 0 Å². The summed E-state index contributed by atoms with van der Waals surface area (Å²) in [6, 6.07) is 0. The Hall–Kier alpha value is -1.52. The first kappa shape index (κ1) is 12.5. The number of esters is 1. The highest BCUT2D eigenvalue weighted by atomic mass is 16.5. The number of aromatic nitrogens is 2. The van der Waals surface area contributed by atoms with Crippen LogP contribution in [0.1, 0.15) is 37.7 Å². The molecular formula is C11H19N3O2. The van der Waals surface area contributed by atoms with Crippen molar-refractivity contribution in [1.29, 1.82) is 0 Å². The van der Waals surface area contributed by atoms with E-state index in [1.165, 1.54) is 0 Å². The lowest BCUT2D eigenvalue weighted by Crippen LogP contribution is -2.12. The monoisotopic (exact) mass is 225 g/mol. The van der Waals surface area contributed by atoms with Crippen LogP contribution in [-0.2, 0) is 11.3 Å². The molecule has 0 bridgehead atoms. The first-order chi connectivity index (χ1) is 7.60. The molecule has 16 heavy (non-hydrogen) atoms. The first-order valence-corrected chi connectivity index (χ1v) is 5.57. The number of carbonyl (C=O) groups is 1. The van der Waals surface area contributed by atoms with E-state index in [4.69, 9.17) is 10.5 Å². The Balaban J connectivity index is 2.79. The standard InChI is InChI=1S/C11H19N3O2/c1-4-8(3)6-14-7-13-9(10(14)12)11(15)16-5-2/h7-8H,4-6,12H2,1-3H3. The Morgan fingerprint density at radius 2 is 2.31 bits per heavy atom. The molecule has 90 valence electrons. The predicted octanol–water partition coefficient (Wildman–Crippen LogP) is 1.69. The van der Waals surface area contributed by atoms with Crippen molar-refractivity contribution < 1.29 is 9.53 Å². The van der Waals surface area contributed by atoms with E-state index in [1.807, 2.05) is 0 Å². The minimum Gasteiger partial charge on any atom is -0.461 e. The number of nitrogen functional groups attached to an aromatic ring is 1. The van der Waals surface area contributed by atoms with Gasteiger partial charge in [0.15, 0.2) is 5.69 Å². The van der Waals surface area contributed by atoms with Crippen LogP contribution in [0.5, 0.6) is 0 Å². The third-order valence-electron chi connectivity index (χ3n) is 2.55. The summed E-state index contributed by atoms with van der Waals surface area (Å²) < 4.78 is 6.65. The summed E-state index contributed by atoms with van der Waals surface area (Å²) in [5.41, 5.74) is 6.05. The molecule has 5 heteroatoms. The van der Waals surface area contributed by atoms with Crippen LogP contribution >= 0.6 is 0 Å². The number of nitrogens with zero attached hydrogens (tertiary/aromatic N) is 2. The fourth-order valence-corrected chi connectivity index (χ4v) is 1.36. The third kappa shape index (κ3) is 2.74. The minimum absolute atomic E-state index is 0.213. The molecule has 1 rings (SSSR count). The number of carbonyl (C=O) groups excluding carboxylic acids is 1. The van der Waals surface area contributed by atoms with Crippen LogP contribution < -0.4 is 5.73 Å². The molecule has 2 N–H and O–H groups in total. The van der Waals surface area contributed by atoms with Gasteiger partial charge in [0.05, 0.1) is 12.9 Å². The van der Waals surface area contributed by atoms with Crippen LogP contribution in [0.15, 0.2) is 6.33 Å². The molecule has 0 radical (unpaired) electrons. The van der Waals surface area contributed by atoms with E-state index in [1.54, 1.807) is 17.8 Å². The molecule has 0 saturated heterocycles. The van der Waals surface area contributed by atoms with E-state index in [-0.39, 0.29) is 5.69 Å². The number of imidazole rings is 1. The zero-order valence-electron chi connectivity index (χ0n) is 10.1. The van der Waals surface area contributed by atoms with E-state index in [0.29, 0.717) is 18.3 Å². The van der Waals surface area contributed by atoms with Gasteiger partial charge < -0.3 is 15.0 Å². The number of nitrogens with two attached hydrogens (primary N) is 1. The zero-order valence-corrected chi connectivity index (χ0v) is 10.1. The average molecular weight is 225 g/mol. The molecule has 1 aromatic rings. The Labute approximate surface area is 95.6 Å². The highest BCUT2D eigenvalue weighted by molar-refractivity contribution is 5.92. The Morgan fingerprint density at radius 3 is 2.88 bits per heavy atom. The van der Waals surface area contributed by atoms with E-state index in [0.717, 1.165) is 13.0 Å². The average Bonchev–Trinajstić information content (AvgIpc) is 2.61. The summed E-state index contributed by atoms with van der Waals surface area (Å²) in [6.07, 6.45) is 2.65. The SMILES string of the molecule is CCOC(=O)c1ncn(CC(C)CC)c1N. The van der Waals surface area contributed by atoms with Gasteiger partial charge in [-0.05, 0) is 12.8 Å². The van der Waals surface area contributed by atoms with E-state index in [9.17, 15) is 4.79 Å². The normalized spacial score (nSPS) is 12.4. The number of ether oxygens (including phenoxy) is 1. The van der Waals surface area contributed by atoms with Crippen molar-refractivity contribution in [3.63, 3.8) is 0 Å². The van der Waals surface area contributed by atoms with Crippen LogP contribution in [0, 0.1) is 5.92 Å². The maximum absolute atomic E-state index is 11.5. The van der Waals surface area contributed by atoms with Gasteiger partial charge in [-0.15, -0.1) is 0 Å². The maximum atomic E-state index is 11.5. The molecule has 1 aromatic heterocycles. The second kappa shape index (κ2) is 5.53. The molecule has 1 heterocycles. The molecule has 0 aliphatic heterocycles. The molecular weight excluding hydrogens is 206 g/mol. The molecule has 1 atom stereocenters. The largest absolute Gasteiger partial charge is 0.461 e. The summed E-state index contributed by atoms with van der Waals surface area (Å²) >= 11 is 0. The second-order valence-corrected chi connectivity index (χ2v) is 3.86. The van der Waals surface area contributed by atoms with Crippen LogP contribution in [0.3, 0.4) is 0 Å². The summed E-state index contributed by atoms with van der Waals surface area (Å²) in [6.45, 7) is 7.10. The highest BCUT2D eigenvalue weighted by Crippen LogP contribution is 2.14. The van der Waals surface area contributed by atoms with Gasteiger partial charge in [0, 0.05) is 6.54 Å². The van der Waals surface area contributed by atoms with Gasteiger partial charge in [-0.1, -0.05) is 20.3 Å². The predicted molar refractivity (Wildman–Crippen MR) is 62.1 cm³/mol. The molecule has 0 amide bonds. The molecule has 0 aliphatic rings. The lowest BCUT2D eigenvalue weighted by atomic mass is 10.1. The van der Waals surface area contributed by atoms with Crippen molar-refractivity contribution in [3.05, 3.63) is 12.0 Å². The fourth-order valence-electron chi connectivity index (χ4n) is 1.36. The molecule has 0 aliphatic carbocycles. The topological polar surface area (TPSA) is 70.1 Å². The first-order valence-electron chi connectivity index (χ1n) is 5.57. The summed E-state index contributed by atoms with van der Waals surface area (Å²) in [5, 5.41) is 0. The summed E-state index contributed by atoms with van der Waals surface area (Å²) in [5.74, 6) is 0.438. The van der Waals surface area contributed by atoms with Gasteiger partial charge in [-0.2, -0.15) is 0 Å². The molecule has 0 aromatic carbocycles. The van der Waals surface area contributed by atoms with Gasteiger partial charge in [0.2, 0.25) is 0 Å². The number of rotatable bonds is 5. The molecule has 0 fully saturated rings. The van der Waals surface area contributed by atoms with Crippen molar-refractivity contribution in [2.75, 3.05) is 12.3 Å². The van der Waals surface area contributed by atoms with Crippen LogP contribution in [-0.4, -0.2) is 22.1 Å². The smallest absolute Gasteiger partial charge is 0.360 e. The van der Waals surface area contributed by atoms with Crippen molar-refractivity contribution in [3.8, 4) is 0 Å². The highest BCUT2D eigenvalue weighted by Gasteiger charge is 2.17. The van der Waals surface area contributed by atoms with Crippen molar-refractivity contribution >= 4 is 11.8 Å². The van der Waals surface area contributed by atoms with Gasteiger partial charge >= 0.3 is 5.97 Å². The fraction of sp³-hybridized carbons (Fsp3) is 0.636. The Morgan fingerprint density at radius 1 is 1.62 bits per heavy atom. The van der Waals surface area contributed by atoms with Crippen LogP contribution in [0.2, 0.25) is 0 Å². The van der Waals surface area contributed by atoms with Gasteiger partial charge in [0.25, 0.3) is 0 Å². The lowest BCUT2D eigenvalue weighted by molar-refractivity contribution is 0.0521. The van der Waals surface area contributed by atoms with E-state index in [2.05, 4.69) is 18.8 Å². The zero-order chi connectivity index (χ0) is 12.1. The number of anilines is 1. The van der Waals surface area contributed by atoms with Gasteiger partial charge in [0.1, 0.15) is 5.82 Å². The molecule has 1 unspecified atom stereocenters. The Kier molecular flexibility index (Phi) is 4.34. The van der Waals surface area contributed by atoms with Crippen LogP contribution in [0.4, 0.5) is 5.82 Å². The quantitative estimate of drug-likeness (QED) is 0.774. The summed E-state index contributed by atoms with van der Waals surface area (Å²) in [4.78, 5) is 15.4. The van der Waals surface area contributed by atoms with Crippen molar-refractivity contribution in [2.24, 2.45) is 5.92 Å². The molecule has 0 spiro atoms. The van der Waals surface area contributed by atoms with Gasteiger partial charge in [-0.25, -0.2) is 9.78 Å². The maximum Gasteiger partial charge on any atom is 0.360 e. The van der Waals surface area contributed by atoms with E-state index < -0.39 is 5.97 Å². The van der Waals surface area contributed by atoms with Crippen molar-refractivity contribution in [2.45, 2.75) is 33.7 Å². The lowest BCUT2D eigenvalue weighted by Gasteiger charge is -2.10. The summed E-state index contributed by atoms with van der Waals surface area (Å²) in [7, 11) is 0. The Bertz CT molecular complexity index is 360. The number of hydrogen-bond acceptors (Lipinski definition) is 4. The van der Waals surface area contributed by atoms with Crippen molar-refractivity contribution in [1.82, 2.24) is 9.55 Å². The van der Waals surface area contributed by atoms with Gasteiger partial charge in [-0.3, -0.25) is 0 Å². The number of hydrogen-bond donors (Lipinski definition) is 1. The second-order valence-electron chi connectivity index (χ2n) is 3.86.